The minimum absolute atomic E-state index is 0.319. The number of methoxy groups -OCH3 is 1. The number of nitrogen functional groups attached to an aromatic ring is 1. The smallest absolute Gasteiger partial charge is 0.220 e. The Labute approximate surface area is 158 Å². The van der Waals surface area contributed by atoms with Gasteiger partial charge in [-0.15, -0.1) is 0 Å². The summed E-state index contributed by atoms with van der Waals surface area (Å²) in [5.41, 5.74) is 8.75. The molecule has 2 aliphatic rings. The summed E-state index contributed by atoms with van der Waals surface area (Å²) in [7, 11) is 1.69. The van der Waals surface area contributed by atoms with Crippen LogP contribution in [0.2, 0.25) is 5.02 Å². The zero-order valence-corrected chi connectivity index (χ0v) is 15.6. The van der Waals surface area contributed by atoms with Gasteiger partial charge in [-0.2, -0.15) is 0 Å². The van der Waals surface area contributed by atoms with Gasteiger partial charge in [0.25, 0.3) is 0 Å². The summed E-state index contributed by atoms with van der Waals surface area (Å²) in [6, 6.07) is 5.75. The molecule has 2 N–H and O–H groups in total. The molecule has 6 nitrogen and oxygen atoms in total. The van der Waals surface area contributed by atoms with Crippen molar-refractivity contribution < 1.29 is 9.47 Å². The summed E-state index contributed by atoms with van der Waals surface area (Å²) in [6.45, 7) is 3.35. The van der Waals surface area contributed by atoms with Crippen molar-refractivity contribution in [1.29, 1.82) is 0 Å². The first-order valence-corrected chi connectivity index (χ1v) is 9.28. The van der Waals surface area contributed by atoms with Crippen molar-refractivity contribution in [2.45, 2.75) is 31.4 Å². The van der Waals surface area contributed by atoms with E-state index >= 15 is 0 Å². The molecule has 0 atom stereocenters. The molecule has 2 aliphatic heterocycles. The van der Waals surface area contributed by atoms with E-state index in [1.54, 1.807) is 7.11 Å². The molecule has 1 aromatic heterocycles. The van der Waals surface area contributed by atoms with Crippen LogP contribution in [-0.2, 0) is 23.3 Å². The highest BCUT2D eigenvalue weighted by Crippen LogP contribution is 2.41. The second-order valence-corrected chi connectivity index (χ2v) is 7.36. The van der Waals surface area contributed by atoms with E-state index in [0.717, 1.165) is 66.5 Å². The molecule has 0 saturated carbocycles. The van der Waals surface area contributed by atoms with Gasteiger partial charge in [0.2, 0.25) is 5.95 Å². The SMILES string of the molecule is COc1ccc(Cl)cc1CN1CCC2(CC1)OCCc1cnc(N)nc12. The van der Waals surface area contributed by atoms with E-state index in [9.17, 15) is 0 Å². The fourth-order valence-corrected chi connectivity index (χ4v) is 4.18. The Balaban J connectivity index is 1.50. The number of nitrogens with two attached hydrogens (primary N) is 1. The third-order valence-electron chi connectivity index (χ3n) is 5.36. The van der Waals surface area contributed by atoms with Gasteiger partial charge < -0.3 is 15.2 Å². The van der Waals surface area contributed by atoms with Gasteiger partial charge in [0, 0.05) is 36.4 Å². The second-order valence-electron chi connectivity index (χ2n) is 6.93. The lowest BCUT2D eigenvalue weighted by atomic mass is 9.83. The Morgan fingerprint density at radius 3 is 2.92 bits per heavy atom. The maximum Gasteiger partial charge on any atom is 0.220 e. The van der Waals surface area contributed by atoms with Crippen molar-refractivity contribution in [3.63, 3.8) is 0 Å². The summed E-state index contributed by atoms with van der Waals surface area (Å²) < 4.78 is 11.7. The molecule has 1 spiro atoms. The van der Waals surface area contributed by atoms with Gasteiger partial charge in [-0.3, -0.25) is 4.90 Å². The van der Waals surface area contributed by atoms with Crippen LogP contribution < -0.4 is 10.5 Å². The normalized spacial score (nSPS) is 19.3. The fourth-order valence-electron chi connectivity index (χ4n) is 3.99. The summed E-state index contributed by atoms with van der Waals surface area (Å²) >= 11 is 6.16. The first-order chi connectivity index (χ1) is 12.6. The zero-order chi connectivity index (χ0) is 18.1. The predicted octanol–water partition coefficient (Wildman–Crippen LogP) is 2.78. The Morgan fingerprint density at radius 2 is 2.15 bits per heavy atom. The Kier molecular flexibility index (Phi) is 4.73. The van der Waals surface area contributed by atoms with Gasteiger partial charge in [-0.25, -0.2) is 9.97 Å². The quantitative estimate of drug-likeness (QED) is 0.890. The van der Waals surface area contributed by atoms with Gasteiger partial charge >= 0.3 is 0 Å². The molecule has 2 aromatic rings. The number of benzene rings is 1. The van der Waals surface area contributed by atoms with E-state index in [2.05, 4.69) is 14.9 Å². The largest absolute Gasteiger partial charge is 0.496 e. The lowest BCUT2D eigenvalue weighted by molar-refractivity contribution is -0.102. The number of piperidine rings is 1. The molecular formula is C19H23ClN4O2. The maximum absolute atomic E-state index is 6.23. The molecule has 26 heavy (non-hydrogen) atoms. The number of nitrogens with zero attached hydrogens (tertiary/aromatic N) is 3. The van der Waals surface area contributed by atoms with E-state index in [4.69, 9.17) is 26.8 Å². The molecular weight excluding hydrogens is 352 g/mol. The molecule has 1 saturated heterocycles. The van der Waals surface area contributed by atoms with Crippen molar-refractivity contribution in [2.75, 3.05) is 32.5 Å². The highest BCUT2D eigenvalue weighted by atomic mass is 35.5. The molecule has 7 heteroatoms. The molecule has 0 radical (unpaired) electrons. The number of ether oxygens (including phenoxy) is 2. The average Bonchev–Trinajstić information content (AvgIpc) is 2.65. The standard InChI is InChI=1S/C19H23ClN4O2/c1-25-16-3-2-15(20)10-14(16)12-24-7-5-19(6-8-24)17-13(4-9-26-19)11-22-18(21)23-17/h2-3,10-11H,4-9,12H2,1H3,(H2,21,22,23). The van der Waals surface area contributed by atoms with Gasteiger partial charge in [0.15, 0.2) is 0 Å². The topological polar surface area (TPSA) is 73.5 Å². The molecule has 0 bridgehead atoms. The summed E-state index contributed by atoms with van der Waals surface area (Å²) in [5, 5.41) is 0.728. The summed E-state index contributed by atoms with van der Waals surface area (Å²) in [6.07, 6.45) is 4.48. The minimum atomic E-state index is -0.334. The summed E-state index contributed by atoms with van der Waals surface area (Å²) in [5.74, 6) is 1.19. The molecule has 0 amide bonds. The fraction of sp³-hybridized carbons (Fsp3) is 0.474. The number of hydrogen-bond donors (Lipinski definition) is 1. The van der Waals surface area contributed by atoms with E-state index in [1.165, 1.54) is 0 Å². The molecule has 3 heterocycles. The Bertz CT molecular complexity index is 806. The lowest BCUT2D eigenvalue weighted by Crippen LogP contribution is -2.47. The third kappa shape index (κ3) is 3.24. The van der Waals surface area contributed by atoms with Crippen LogP contribution in [0.25, 0.3) is 0 Å². The average molecular weight is 375 g/mol. The highest BCUT2D eigenvalue weighted by molar-refractivity contribution is 6.30. The van der Waals surface area contributed by atoms with Crippen LogP contribution in [0.4, 0.5) is 5.95 Å². The maximum atomic E-state index is 6.23. The number of anilines is 1. The van der Waals surface area contributed by atoms with Gasteiger partial charge in [0.1, 0.15) is 11.4 Å². The number of rotatable bonds is 3. The number of halogens is 1. The number of aromatic nitrogens is 2. The highest BCUT2D eigenvalue weighted by Gasteiger charge is 2.42. The number of hydrogen-bond acceptors (Lipinski definition) is 6. The van der Waals surface area contributed by atoms with Gasteiger partial charge in [-0.1, -0.05) is 11.6 Å². The molecule has 138 valence electrons. The van der Waals surface area contributed by atoms with Gasteiger partial charge in [0.05, 0.1) is 19.4 Å². The van der Waals surface area contributed by atoms with Crippen molar-refractivity contribution in [1.82, 2.24) is 14.9 Å². The van der Waals surface area contributed by atoms with Crippen LogP contribution in [0.15, 0.2) is 24.4 Å². The first kappa shape index (κ1) is 17.5. The van der Waals surface area contributed by atoms with Crippen LogP contribution in [-0.4, -0.2) is 41.7 Å². The van der Waals surface area contributed by atoms with Gasteiger partial charge in [-0.05, 0) is 43.0 Å². The first-order valence-electron chi connectivity index (χ1n) is 8.90. The Morgan fingerprint density at radius 1 is 1.35 bits per heavy atom. The van der Waals surface area contributed by atoms with Crippen molar-refractivity contribution in [3.8, 4) is 5.75 Å². The van der Waals surface area contributed by atoms with E-state index < -0.39 is 0 Å². The van der Waals surface area contributed by atoms with E-state index in [0.29, 0.717) is 12.6 Å². The van der Waals surface area contributed by atoms with Crippen LogP contribution in [0.3, 0.4) is 0 Å². The van der Waals surface area contributed by atoms with Crippen LogP contribution in [0, 0.1) is 0 Å². The molecule has 0 aliphatic carbocycles. The van der Waals surface area contributed by atoms with Crippen molar-refractivity contribution >= 4 is 17.5 Å². The van der Waals surface area contributed by atoms with Crippen molar-refractivity contribution in [2.24, 2.45) is 0 Å². The van der Waals surface area contributed by atoms with E-state index in [-0.39, 0.29) is 5.60 Å². The van der Waals surface area contributed by atoms with Crippen molar-refractivity contribution in [3.05, 3.63) is 46.2 Å². The van der Waals surface area contributed by atoms with Crippen LogP contribution >= 0.6 is 11.6 Å². The lowest BCUT2D eigenvalue weighted by Gasteiger charge is -2.44. The Hall–Kier alpha value is -1.89. The monoisotopic (exact) mass is 374 g/mol. The summed E-state index contributed by atoms with van der Waals surface area (Å²) in [4.78, 5) is 11.1. The predicted molar refractivity (Wildman–Crippen MR) is 100 cm³/mol. The van der Waals surface area contributed by atoms with Crippen LogP contribution in [0.5, 0.6) is 5.75 Å². The van der Waals surface area contributed by atoms with Crippen LogP contribution in [0.1, 0.15) is 29.7 Å². The molecule has 1 fully saturated rings. The zero-order valence-electron chi connectivity index (χ0n) is 14.9. The minimum Gasteiger partial charge on any atom is -0.496 e. The molecule has 1 aromatic carbocycles. The molecule has 4 rings (SSSR count). The third-order valence-corrected chi connectivity index (χ3v) is 5.60. The number of likely N-dealkylation sites (tertiary alicyclic amines) is 1. The second kappa shape index (κ2) is 7.02. The van der Waals surface area contributed by atoms with E-state index in [1.807, 2.05) is 24.4 Å². The number of fused-ring (bicyclic) bond motifs is 2. The molecule has 0 unspecified atom stereocenters.